The van der Waals surface area contributed by atoms with Crippen LogP contribution in [-0.2, 0) is 15.8 Å². The number of aryl methyl sites for hydroxylation is 1. The highest BCUT2D eigenvalue weighted by Gasteiger charge is 2.41. The van der Waals surface area contributed by atoms with E-state index >= 15 is 0 Å². The predicted octanol–water partition coefficient (Wildman–Crippen LogP) is 3.73. The van der Waals surface area contributed by atoms with E-state index in [0.717, 1.165) is 16.7 Å². The largest absolute Gasteiger partial charge is 0.481 e. The van der Waals surface area contributed by atoms with Crippen LogP contribution < -0.4 is 10.1 Å². The highest BCUT2D eigenvalue weighted by molar-refractivity contribution is 6.04. The van der Waals surface area contributed by atoms with Crippen LogP contribution >= 0.6 is 0 Å². The number of nitrogens with zero attached hydrogens (tertiary/aromatic N) is 3. The van der Waals surface area contributed by atoms with Crippen molar-refractivity contribution < 1.29 is 19.4 Å². The van der Waals surface area contributed by atoms with Crippen LogP contribution in [0.1, 0.15) is 41.0 Å². The first-order valence-corrected chi connectivity index (χ1v) is 10.8. The van der Waals surface area contributed by atoms with Gasteiger partial charge < -0.3 is 19.9 Å². The van der Waals surface area contributed by atoms with Gasteiger partial charge in [-0.1, -0.05) is 6.07 Å². The predicted molar refractivity (Wildman–Crippen MR) is 127 cm³/mol. The number of methoxy groups -OCH3 is 1. The SMILES string of the molecule is COc1ncc(-c2cc(NC(=O)c3ccnc(C(C)(C)C#N)c3)ccc2C)cc1C1(O)COC1. The third-order valence-electron chi connectivity index (χ3n) is 5.98. The van der Waals surface area contributed by atoms with E-state index in [1.54, 1.807) is 32.2 Å². The summed E-state index contributed by atoms with van der Waals surface area (Å²) < 4.78 is 10.5. The molecule has 1 fully saturated rings. The van der Waals surface area contributed by atoms with Gasteiger partial charge in [0, 0.05) is 29.2 Å². The van der Waals surface area contributed by atoms with E-state index in [-0.39, 0.29) is 19.1 Å². The number of carbonyl (C=O) groups excluding carboxylic acids is 1. The zero-order valence-corrected chi connectivity index (χ0v) is 19.5. The van der Waals surface area contributed by atoms with Gasteiger partial charge in [-0.15, -0.1) is 0 Å². The Morgan fingerprint density at radius 3 is 2.65 bits per heavy atom. The molecule has 8 heteroatoms. The van der Waals surface area contributed by atoms with Gasteiger partial charge in [0.15, 0.2) is 0 Å². The minimum absolute atomic E-state index is 0.181. The molecule has 34 heavy (non-hydrogen) atoms. The quantitative estimate of drug-likeness (QED) is 0.578. The van der Waals surface area contributed by atoms with E-state index in [9.17, 15) is 15.2 Å². The molecule has 2 aromatic heterocycles. The summed E-state index contributed by atoms with van der Waals surface area (Å²) >= 11 is 0. The number of anilines is 1. The lowest BCUT2D eigenvalue weighted by Gasteiger charge is -2.37. The first-order chi connectivity index (χ1) is 16.2. The number of benzene rings is 1. The molecule has 0 radical (unpaired) electrons. The van der Waals surface area contributed by atoms with Crippen LogP contribution in [-0.4, -0.2) is 41.3 Å². The summed E-state index contributed by atoms with van der Waals surface area (Å²) in [5, 5.41) is 23.1. The van der Waals surface area contributed by atoms with Crippen LogP contribution in [0.5, 0.6) is 5.88 Å². The van der Waals surface area contributed by atoms with Crippen molar-refractivity contribution in [3.05, 3.63) is 71.2 Å². The fourth-order valence-corrected chi connectivity index (χ4v) is 3.73. The lowest BCUT2D eigenvalue weighted by molar-refractivity contribution is -0.185. The number of hydrogen-bond donors (Lipinski definition) is 2. The van der Waals surface area contributed by atoms with Gasteiger partial charge in [-0.3, -0.25) is 9.78 Å². The molecular formula is C26H26N4O4. The number of aromatic nitrogens is 2. The van der Waals surface area contributed by atoms with Gasteiger partial charge in [0.25, 0.3) is 5.91 Å². The molecule has 3 aromatic rings. The molecule has 0 spiro atoms. The molecule has 0 unspecified atom stereocenters. The molecule has 174 valence electrons. The third kappa shape index (κ3) is 4.36. The number of nitrogens with one attached hydrogen (secondary N) is 1. The van der Waals surface area contributed by atoms with Crippen molar-refractivity contribution >= 4 is 11.6 Å². The summed E-state index contributed by atoms with van der Waals surface area (Å²) in [5.41, 5.74) is 2.80. The number of carbonyl (C=O) groups is 1. The molecule has 0 saturated carbocycles. The maximum atomic E-state index is 12.9. The maximum Gasteiger partial charge on any atom is 0.255 e. The van der Waals surface area contributed by atoms with Gasteiger partial charge in [0.1, 0.15) is 5.60 Å². The van der Waals surface area contributed by atoms with Crippen molar-refractivity contribution in [2.45, 2.75) is 31.8 Å². The number of pyridine rings is 2. The molecule has 1 aromatic carbocycles. The van der Waals surface area contributed by atoms with Gasteiger partial charge >= 0.3 is 0 Å². The fourth-order valence-electron chi connectivity index (χ4n) is 3.73. The van der Waals surface area contributed by atoms with E-state index in [1.165, 1.54) is 13.3 Å². The first kappa shape index (κ1) is 23.4. The van der Waals surface area contributed by atoms with Crippen LogP contribution in [0, 0.1) is 18.3 Å². The summed E-state index contributed by atoms with van der Waals surface area (Å²) in [5.74, 6) is 0.0483. The molecular weight excluding hydrogens is 432 g/mol. The second kappa shape index (κ2) is 8.86. The minimum Gasteiger partial charge on any atom is -0.481 e. The van der Waals surface area contributed by atoms with E-state index in [2.05, 4.69) is 21.4 Å². The highest BCUT2D eigenvalue weighted by atomic mass is 16.5. The van der Waals surface area contributed by atoms with E-state index in [0.29, 0.717) is 28.4 Å². The van der Waals surface area contributed by atoms with Crippen LogP contribution in [0.4, 0.5) is 5.69 Å². The number of amides is 1. The minimum atomic E-state index is -1.13. The number of rotatable bonds is 6. The summed E-state index contributed by atoms with van der Waals surface area (Å²) in [6.07, 6.45) is 3.21. The Balaban J connectivity index is 1.64. The Bertz CT molecular complexity index is 1290. The standard InChI is InChI=1S/C26H26N4O4/c1-16-5-6-19(30-23(31)17-7-8-28-22(10-17)25(2,3)13-27)11-20(16)18-9-21(24(33-4)29-12-18)26(32)14-34-15-26/h5-12,32H,14-15H2,1-4H3,(H,30,31). The van der Waals surface area contributed by atoms with Crippen molar-refractivity contribution in [1.82, 2.24) is 9.97 Å². The summed E-state index contributed by atoms with van der Waals surface area (Å²) in [7, 11) is 1.51. The normalized spacial score (nSPS) is 14.6. The van der Waals surface area contributed by atoms with Crippen LogP contribution in [0.3, 0.4) is 0 Å². The Labute approximate surface area is 198 Å². The summed E-state index contributed by atoms with van der Waals surface area (Å²) in [6, 6.07) is 12.9. The number of hydrogen-bond acceptors (Lipinski definition) is 7. The molecule has 3 heterocycles. The summed E-state index contributed by atoms with van der Waals surface area (Å²) in [4.78, 5) is 21.6. The smallest absolute Gasteiger partial charge is 0.255 e. The average Bonchev–Trinajstić information content (AvgIpc) is 2.83. The second-order valence-electron chi connectivity index (χ2n) is 8.96. The van der Waals surface area contributed by atoms with Crippen LogP contribution in [0.25, 0.3) is 11.1 Å². The van der Waals surface area contributed by atoms with E-state index in [4.69, 9.17) is 9.47 Å². The van der Waals surface area contributed by atoms with Gasteiger partial charge in [-0.25, -0.2) is 4.98 Å². The van der Waals surface area contributed by atoms with Crippen molar-refractivity contribution in [3.8, 4) is 23.1 Å². The topological polar surface area (TPSA) is 117 Å². The molecule has 1 aliphatic rings. The Kier molecular flexibility index (Phi) is 6.09. The van der Waals surface area contributed by atoms with E-state index < -0.39 is 11.0 Å². The summed E-state index contributed by atoms with van der Waals surface area (Å²) in [6.45, 7) is 5.84. The van der Waals surface area contributed by atoms with Crippen molar-refractivity contribution in [2.24, 2.45) is 0 Å². The van der Waals surface area contributed by atoms with Crippen LogP contribution in [0.15, 0.2) is 48.8 Å². The van der Waals surface area contributed by atoms with E-state index in [1.807, 2.05) is 31.2 Å². The average molecular weight is 459 g/mol. The lowest BCUT2D eigenvalue weighted by atomic mass is 9.90. The van der Waals surface area contributed by atoms with Gasteiger partial charge in [-0.2, -0.15) is 5.26 Å². The van der Waals surface area contributed by atoms with Gasteiger partial charge in [-0.05, 0) is 62.2 Å². The number of aliphatic hydroxyl groups is 1. The molecule has 1 saturated heterocycles. The zero-order valence-electron chi connectivity index (χ0n) is 19.5. The molecule has 0 bridgehead atoms. The molecule has 2 N–H and O–H groups in total. The molecule has 8 nitrogen and oxygen atoms in total. The zero-order chi connectivity index (χ0) is 24.5. The van der Waals surface area contributed by atoms with Gasteiger partial charge in [0.05, 0.1) is 43.1 Å². The van der Waals surface area contributed by atoms with Crippen molar-refractivity contribution in [2.75, 3.05) is 25.6 Å². The molecule has 0 atom stereocenters. The number of ether oxygens (including phenoxy) is 2. The second-order valence-corrected chi connectivity index (χ2v) is 8.96. The molecule has 1 amide bonds. The van der Waals surface area contributed by atoms with Crippen molar-refractivity contribution in [3.63, 3.8) is 0 Å². The van der Waals surface area contributed by atoms with Gasteiger partial charge in [0.2, 0.25) is 5.88 Å². The highest BCUT2D eigenvalue weighted by Crippen LogP contribution is 2.38. The maximum absolute atomic E-state index is 12.9. The van der Waals surface area contributed by atoms with Crippen LogP contribution in [0.2, 0.25) is 0 Å². The first-order valence-electron chi connectivity index (χ1n) is 10.8. The third-order valence-corrected chi connectivity index (χ3v) is 5.98. The molecule has 4 rings (SSSR count). The fraction of sp³-hybridized carbons (Fsp3) is 0.308. The Morgan fingerprint density at radius 1 is 1.24 bits per heavy atom. The molecule has 1 aliphatic heterocycles. The molecule has 0 aliphatic carbocycles. The number of nitriles is 1. The monoisotopic (exact) mass is 458 g/mol. The lowest BCUT2D eigenvalue weighted by Crippen LogP contribution is -2.46. The van der Waals surface area contributed by atoms with Crippen molar-refractivity contribution in [1.29, 1.82) is 5.26 Å². The Hall–Kier alpha value is -3.80. The Morgan fingerprint density at radius 2 is 2.00 bits per heavy atom.